The van der Waals surface area contributed by atoms with E-state index in [0.717, 1.165) is 0 Å². The van der Waals surface area contributed by atoms with Crippen molar-refractivity contribution in [2.45, 2.75) is 6.04 Å². The first-order chi connectivity index (χ1) is 11.8. The Morgan fingerprint density at radius 2 is 2.04 bits per heavy atom. The Kier molecular flexibility index (Phi) is 4.18. The van der Waals surface area contributed by atoms with E-state index in [1.807, 2.05) is 6.07 Å². The minimum atomic E-state index is -3.35. The lowest BCUT2D eigenvalue weighted by molar-refractivity contribution is 0.100. The third-order valence-corrected chi connectivity index (χ3v) is 5.65. The smallest absolute Gasteiger partial charge is 0.254 e. The Hall–Kier alpha value is -2.93. The number of carbonyl (C=O) groups is 1. The molecule has 2 heterocycles. The average Bonchev–Trinajstić information content (AvgIpc) is 3.10. The van der Waals surface area contributed by atoms with Crippen LogP contribution >= 0.6 is 0 Å². The zero-order valence-corrected chi connectivity index (χ0v) is 13.7. The van der Waals surface area contributed by atoms with E-state index in [2.05, 4.69) is 10.4 Å². The first kappa shape index (κ1) is 16.9. The van der Waals surface area contributed by atoms with Crippen LogP contribution in [0.25, 0.3) is 0 Å². The first-order valence-corrected chi connectivity index (χ1v) is 9.13. The molecule has 0 aliphatic carbocycles. The highest BCUT2D eigenvalue weighted by atomic mass is 32.2. The van der Waals surface area contributed by atoms with E-state index >= 15 is 0 Å². The number of hydrogen-bond donors (Lipinski definition) is 2. The average molecular weight is 363 g/mol. The molecular weight excluding hydrogens is 349 g/mol. The molecule has 3 rings (SSSR count). The molecule has 0 radical (unpaired) electrons. The number of nitrogens with zero attached hydrogens (tertiary/aromatic N) is 3. The van der Waals surface area contributed by atoms with Crippen LogP contribution in [0.1, 0.15) is 16.4 Å². The van der Waals surface area contributed by atoms with Crippen molar-refractivity contribution in [2.75, 3.05) is 16.8 Å². The Morgan fingerprint density at radius 3 is 2.64 bits per heavy atom. The summed E-state index contributed by atoms with van der Waals surface area (Å²) in [4.78, 5) is 11.7. The van der Waals surface area contributed by atoms with Crippen LogP contribution in [-0.4, -0.2) is 35.6 Å². The molecule has 1 aromatic carbocycles. The van der Waals surface area contributed by atoms with Gasteiger partial charge in [0.05, 0.1) is 29.5 Å². The Labute approximate surface area is 143 Å². The van der Waals surface area contributed by atoms with E-state index in [1.54, 1.807) is 0 Å². The summed E-state index contributed by atoms with van der Waals surface area (Å²) >= 11 is 0. The molecule has 0 bridgehead atoms. The van der Waals surface area contributed by atoms with Crippen molar-refractivity contribution in [3.05, 3.63) is 41.8 Å². The number of nitrogens with two attached hydrogens (primary N) is 1. The Bertz CT molecular complexity index is 962. The SMILES string of the molecule is N#C[C@H]1CS(=O)(=O)CC1n1cc(C(N)=O)c(Nc2ccc(F)cc2)n1. The van der Waals surface area contributed by atoms with Crippen molar-refractivity contribution in [3.8, 4) is 6.07 Å². The maximum Gasteiger partial charge on any atom is 0.254 e. The van der Waals surface area contributed by atoms with Gasteiger partial charge < -0.3 is 11.1 Å². The van der Waals surface area contributed by atoms with Gasteiger partial charge in [0, 0.05) is 11.9 Å². The maximum absolute atomic E-state index is 13.0. The summed E-state index contributed by atoms with van der Waals surface area (Å²) in [5.74, 6) is -2.31. The minimum absolute atomic E-state index is 0.0466. The number of carbonyl (C=O) groups excluding carboxylic acids is 1. The molecule has 1 unspecified atom stereocenters. The van der Waals surface area contributed by atoms with Crippen molar-refractivity contribution in [1.29, 1.82) is 5.26 Å². The van der Waals surface area contributed by atoms with Gasteiger partial charge in [-0.1, -0.05) is 0 Å². The lowest BCUT2D eigenvalue weighted by Crippen LogP contribution is -2.17. The van der Waals surface area contributed by atoms with Crippen molar-refractivity contribution >= 4 is 27.2 Å². The van der Waals surface area contributed by atoms with Crippen LogP contribution in [0.15, 0.2) is 30.5 Å². The minimum Gasteiger partial charge on any atom is -0.365 e. The number of nitrogens with one attached hydrogen (secondary N) is 1. The molecule has 2 aromatic rings. The molecule has 25 heavy (non-hydrogen) atoms. The molecule has 1 aromatic heterocycles. The van der Waals surface area contributed by atoms with Gasteiger partial charge in [0.2, 0.25) is 0 Å². The van der Waals surface area contributed by atoms with Gasteiger partial charge >= 0.3 is 0 Å². The molecule has 2 atom stereocenters. The van der Waals surface area contributed by atoms with E-state index in [1.165, 1.54) is 35.1 Å². The molecule has 1 saturated heterocycles. The summed E-state index contributed by atoms with van der Waals surface area (Å²) in [6.45, 7) is 0. The molecule has 1 amide bonds. The summed E-state index contributed by atoms with van der Waals surface area (Å²) in [5.41, 5.74) is 5.87. The lowest BCUT2D eigenvalue weighted by Gasteiger charge is -2.11. The number of primary amides is 1. The summed E-state index contributed by atoms with van der Waals surface area (Å²) in [7, 11) is -3.35. The molecule has 0 spiro atoms. The van der Waals surface area contributed by atoms with Crippen molar-refractivity contribution in [1.82, 2.24) is 9.78 Å². The second-order valence-corrected chi connectivity index (χ2v) is 7.90. The van der Waals surface area contributed by atoms with Crippen LogP contribution < -0.4 is 11.1 Å². The van der Waals surface area contributed by atoms with Crippen LogP contribution in [0, 0.1) is 23.1 Å². The van der Waals surface area contributed by atoms with E-state index in [9.17, 15) is 22.9 Å². The second kappa shape index (κ2) is 6.18. The quantitative estimate of drug-likeness (QED) is 0.832. The monoisotopic (exact) mass is 363 g/mol. The number of aromatic nitrogens is 2. The normalized spacial score (nSPS) is 21.6. The highest BCUT2D eigenvalue weighted by Gasteiger charge is 2.40. The van der Waals surface area contributed by atoms with Gasteiger partial charge in [-0.3, -0.25) is 9.48 Å². The van der Waals surface area contributed by atoms with Gasteiger partial charge in [-0.05, 0) is 24.3 Å². The van der Waals surface area contributed by atoms with Gasteiger partial charge in [-0.2, -0.15) is 10.4 Å². The van der Waals surface area contributed by atoms with Crippen LogP contribution in [-0.2, 0) is 9.84 Å². The number of halogens is 1. The fraction of sp³-hybridized carbons (Fsp3) is 0.267. The number of hydrogen-bond acceptors (Lipinski definition) is 6. The second-order valence-electron chi connectivity index (χ2n) is 5.75. The van der Waals surface area contributed by atoms with Crippen molar-refractivity contribution in [2.24, 2.45) is 11.7 Å². The molecule has 8 nitrogen and oxygen atoms in total. The largest absolute Gasteiger partial charge is 0.365 e. The first-order valence-electron chi connectivity index (χ1n) is 7.30. The van der Waals surface area contributed by atoms with Crippen LogP contribution in [0.3, 0.4) is 0 Å². The van der Waals surface area contributed by atoms with Gasteiger partial charge in [0.15, 0.2) is 15.7 Å². The summed E-state index contributed by atoms with van der Waals surface area (Å²) in [6.07, 6.45) is 1.32. The van der Waals surface area contributed by atoms with Crippen molar-refractivity contribution < 1.29 is 17.6 Å². The molecule has 1 fully saturated rings. The van der Waals surface area contributed by atoms with E-state index in [-0.39, 0.29) is 22.9 Å². The number of nitriles is 1. The summed E-state index contributed by atoms with van der Waals surface area (Å²) in [6, 6.07) is 6.65. The Balaban J connectivity index is 1.96. The third-order valence-electron chi connectivity index (χ3n) is 3.93. The predicted octanol–water partition coefficient (Wildman–Crippen LogP) is 0.974. The molecule has 0 saturated carbocycles. The van der Waals surface area contributed by atoms with Crippen molar-refractivity contribution in [3.63, 3.8) is 0 Å². The van der Waals surface area contributed by atoms with Gasteiger partial charge in [-0.15, -0.1) is 0 Å². The molecule has 10 heteroatoms. The van der Waals surface area contributed by atoms with Crippen LogP contribution in [0.4, 0.5) is 15.9 Å². The molecule has 3 N–H and O–H groups in total. The Morgan fingerprint density at radius 1 is 1.36 bits per heavy atom. The lowest BCUT2D eigenvalue weighted by atomic mass is 10.1. The van der Waals surface area contributed by atoms with Gasteiger partial charge in [-0.25, -0.2) is 12.8 Å². The zero-order chi connectivity index (χ0) is 18.2. The highest BCUT2D eigenvalue weighted by Crippen LogP contribution is 2.31. The molecule has 1 aliphatic rings. The zero-order valence-electron chi connectivity index (χ0n) is 12.9. The number of amides is 1. The van der Waals surface area contributed by atoms with E-state index in [0.29, 0.717) is 5.69 Å². The number of sulfone groups is 1. The van der Waals surface area contributed by atoms with Crippen LogP contribution in [0.5, 0.6) is 0 Å². The number of rotatable bonds is 4. The van der Waals surface area contributed by atoms with Crippen LogP contribution in [0.2, 0.25) is 0 Å². The highest BCUT2D eigenvalue weighted by molar-refractivity contribution is 7.91. The molecule has 1 aliphatic heterocycles. The fourth-order valence-corrected chi connectivity index (χ4v) is 4.60. The third kappa shape index (κ3) is 3.46. The number of benzene rings is 1. The van der Waals surface area contributed by atoms with Gasteiger partial charge in [0.1, 0.15) is 11.4 Å². The summed E-state index contributed by atoms with van der Waals surface area (Å²) in [5, 5.41) is 16.2. The maximum atomic E-state index is 13.0. The standard InChI is InChI=1S/C15H14FN5O3S/c16-10-1-3-11(4-2-10)19-15-12(14(18)22)6-21(20-15)13-8-25(23,24)7-9(13)5-17/h1-4,6,9,13H,7-8H2,(H2,18,22)(H,19,20)/t9-,13?/m0/s1. The predicted molar refractivity (Wildman–Crippen MR) is 87.2 cm³/mol. The molecule has 130 valence electrons. The van der Waals surface area contributed by atoms with Gasteiger partial charge in [0.25, 0.3) is 5.91 Å². The molecular formula is C15H14FN5O3S. The van der Waals surface area contributed by atoms with E-state index in [4.69, 9.17) is 5.73 Å². The fourth-order valence-electron chi connectivity index (χ4n) is 2.72. The summed E-state index contributed by atoms with van der Waals surface area (Å²) < 4.78 is 37.9. The number of anilines is 2. The topological polar surface area (TPSA) is 131 Å². The van der Waals surface area contributed by atoms with E-state index < -0.39 is 33.5 Å².